The first-order valence-corrected chi connectivity index (χ1v) is 13.0. The highest BCUT2D eigenvalue weighted by atomic mass is 79.9. The molecule has 3 aromatic carbocycles. The van der Waals surface area contributed by atoms with Crippen molar-refractivity contribution in [2.75, 3.05) is 17.7 Å². The molecule has 9 heteroatoms. The van der Waals surface area contributed by atoms with Crippen LogP contribution in [0.1, 0.15) is 32.6 Å². The number of ether oxygens (including phenoxy) is 1. The van der Waals surface area contributed by atoms with Crippen LogP contribution >= 0.6 is 15.9 Å². The van der Waals surface area contributed by atoms with Crippen LogP contribution in [0.2, 0.25) is 0 Å². The van der Waals surface area contributed by atoms with E-state index < -0.39 is 10.0 Å². The van der Waals surface area contributed by atoms with Gasteiger partial charge in [-0.25, -0.2) is 13.8 Å². The lowest BCUT2D eigenvalue weighted by Crippen LogP contribution is -2.29. The van der Waals surface area contributed by atoms with E-state index in [4.69, 9.17) is 4.74 Å². The molecule has 34 heavy (non-hydrogen) atoms. The van der Waals surface area contributed by atoms with Gasteiger partial charge in [0.15, 0.2) is 0 Å². The van der Waals surface area contributed by atoms with Crippen molar-refractivity contribution in [3.8, 4) is 5.75 Å². The number of hydrogen-bond acceptors (Lipinski definition) is 5. The summed E-state index contributed by atoms with van der Waals surface area (Å²) in [6, 6.07) is 17.8. The number of benzene rings is 3. The number of aryl methyl sites for hydroxylation is 2. The summed E-state index contributed by atoms with van der Waals surface area (Å²) < 4.78 is 32.4. The maximum atomic E-state index is 12.5. The van der Waals surface area contributed by atoms with Gasteiger partial charge in [0, 0.05) is 15.6 Å². The van der Waals surface area contributed by atoms with Crippen LogP contribution in [0.15, 0.2) is 70.2 Å². The van der Waals surface area contributed by atoms with Crippen molar-refractivity contribution in [1.82, 2.24) is 5.43 Å². The second-order valence-electron chi connectivity index (χ2n) is 7.82. The smallest absolute Gasteiger partial charge is 0.271 e. The molecule has 0 bridgehead atoms. The zero-order valence-electron chi connectivity index (χ0n) is 19.4. The summed E-state index contributed by atoms with van der Waals surface area (Å²) >= 11 is 3.39. The Balaban J connectivity index is 1.71. The highest BCUT2D eigenvalue weighted by Crippen LogP contribution is 2.24. The van der Waals surface area contributed by atoms with Crippen LogP contribution in [-0.4, -0.2) is 33.9 Å². The maximum Gasteiger partial charge on any atom is 0.271 e. The van der Waals surface area contributed by atoms with E-state index in [1.165, 1.54) is 16.8 Å². The monoisotopic (exact) mass is 543 g/mol. The minimum atomic E-state index is -3.50. The molecule has 0 aliphatic rings. The third-order valence-electron chi connectivity index (χ3n) is 5.28. The number of hydrazone groups is 1. The van der Waals surface area contributed by atoms with Crippen molar-refractivity contribution in [3.63, 3.8) is 0 Å². The van der Waals surface area contributed by atoms with Gasteiger partial charge in [-0.2, -0.15) is 5.10 Å². The summed E-state index contributed by atoms with van der Waals surface area (Å²) in [6.07, 6.45) is 2.69. The average Bonchev–Trinajstić information content (AvgIpc) is 2.79. The quantitative estimate of drug-likeness (QED) is 0.326. The van der Waals surface area contributed by atoms with E-state index >= 15 is 0 Å². The summed E-state index contributed by atoms with van der Waals surface area (Å²) in [5.41, 5.74) is 7.06. The van der Waals surface area contributed by atoms with Gasteiger partial charge in [-0.05, 0) is 73.0 Å². The van der Waals surface area contributed by atoms with Gasteiger partial charge in [0.1, 0.15) is 5.75 Å². The Bertz CT molecular complexity index is 1320. The molecule has 1 N–H and O–H groups in total. The molecule has 0 aromatic heterocycles. The molecule has 0 fully saturated rings. The molecule has 1 amide bonds. The Kier molecular flexibility index (Phi) is 8.11. The standard InChI is InChI=1S/C25H26BrN3O4S/c1-17-5-11-23(13-18(17)2)29(34(4,31)32)16-19-6-8-20(9-7-19)25(30)28-27-15-21-14-22(26)10-12-24(21)33-3/h5-15H,16H2,1-4H3,(H,28,30)/b27-15-. The number of carbonyl (C=O) groups excluding carboxylic acids is 1. The molecule has 3 rings (SSSR count). The molecule has 0 aliphatic heterocycles. The van der Waals surface area contributed by atoms with Crippen LogP contribution in [-0.2, 0) is 16.6 Å². The second kappa shape index (κ2) is 10.8. The number of carbonyl (C=O) groups is 1. The van der Waals surface area contributed by atoms with Gasteiger partial charge in [0.2, 0.25) is 10.0 Å². The number of rotatable bonds is 8. The van der Waals surface area contributed by atoms with Crippen LogP contribution in [0.3, 0.4) is 0 Å². The fraction of sp³-hybridized carbons (Fsp3) is 0.200. The van der Waals surface area contributed by atoms with Gasteiger partial charge in [-0.1, -0.05) is 34.1 Å². The first-order chi connectivity index (χ1) is 16.1. The fourth-order valence-corrected chi connectivity index (χ4v) is 4.50. The van der Waals surface area contributed by atoms with E-state index in [1.807, 2.05) is 38.1 Å². The molecular weight excluding hydrogens is 518 g/mol. The summed E-state index contributed by atoms with van der Waals surface area (Å²) in [7, 11) is -1.94. The molecule has 7 nitrogen and oxygen atoms in total. The first-order valence-electron chi connectivity index (χ1n) is 10.4. The highest BCUT2D eigenvalue weighted by Gasteiger charge is 2.18. The summed E-state index contributed by atoms with van der Waals surface area (Å²) in [5.74, 6) is 0.246. The van der Waals surface area contributed by atoms with Crippen molar-refractivity contribution in [3.05, 3.63) is 93.0 Å². The Labute approximate surface area is 208 Å². The predicted octanol–water partition coefficient (Wildman–Crippen LogP) is 4.80. The minimum absolute atomic E-state index is 0.157. The lowest BCUT2D eigenvalue weighted by atomic mass is 10.1. The molecule has 3 aromatic rings. The molecule has 0 radical (unpaired) electrons. The van der Waals surface area contributed by atoms with Crippen molar-refractivity contribution < 1.29 is 17.9 Å². The first kappa shape index (κ1) is 25.5. The highest BCUT2D eigenvalue weighted by molar-refractivity contribution is 9.10. The molecular formula is C25H26BrN3O4S. The van der Waals surface area contributed by atoms with Crippen LogP contribution in [0.4, 0.5) is 5.69 Å². The van der Waals surface area contributed by atoms with Crippen LogP contribution in [0.25, 0.3) is 0 Å². The molecule has 0 unspecified atom stereocenters. The third kappa shape index (κ3) is 6.45. The predicted molar refractivity (Wildman–Crippen MR) is 139 cm³/mol. The van der Waals surface area contributed by atoms with Crippen molar-refractivity contribution in [2.45, 2.75) is 20.4 Å². The van der Waals surface area contributed by atoms with Crippen molar-refractivity contribution in [2.24, 2.45) is 5.10 Å². The van der Waals surface area contributed by atoms with Gasteiger partial charge in [0.25, 0.3) is 5.91 Å². The minimum Gasteiger partial charge on any atom is -0.496 e. The fourth-order valence-electron chi connectivity index (χ4n) is 3.24. The van der Waals surface area contributed by atoms with E-state index in [0.29, 0.717) is 22.6 Å². The number of amides is 1. The Morgan fingerprint density at radius 3 is 2.38 bits per heavy atom. The van der Waals surface area contributed by atoms with Crippen molar-refractivity contribution in [1.29, 1.82) is 0 Å². The van der Waals surface area contributed by atoms with Gasteiger partial charge in [-0.3, -0.25) is 9.10 Å². The molecule has 0 atom stereocenters. The van der Waals surface area contributed by atoms with E-state index in [2.05, 4.69) is 26.5 Å². The van der Waals surface area contributed by atoms with Gasteiger partial charge < -0.3 is 4.74 Å². The van der Waals surface area contributed by atoms with Crippen LogP contribution < -0.4 is 14.5 Å². The van der Waals surface area contributed by atoms with Crippen LogP contribution in [0, 0.1) is 13.8 Å². The summed E-state index contributed by atoms with van der Waals surface area (Å²) in [5, 5.41) is 4.01. The van der Waals surface area contributed by atoms with E-state index in [-0.39, 0.29) is 12.5 Å². The van der Waals surface area contributed by atoms with Gasteiger partial charge >= 0.3 is 0 Å². The molecule has 178 valence electrons. The Morgan fingerprint density at radius 2 is 1.76 bits per heavy atom. The molecule has 0 saturated heterocycles. The van der Waals surface area contributed by atoms with Gasteiger partial charge in [0.05, 0.1) is 31.8 Å². The lowest BCUT2D eigenvalue weighted by molar-refractivity contribution is 0.0955. The van der Waals surface area contributed by atoms with E-state index in [9.17, 15) is 13.2 Å². The molecule has 0 saturated carbocycles. The number of methoxy groups -OCH3 is 1. The number of halogens is 1. The number of sulfonamides is 1. The number of anilines is 1. The van der Waals surface area contributed by atoms with E-state index in [0.717, 1.165) is 21.2 Å². The van der Waals surface area contributed by atoms with Crippen LogP contribution in [0.5, 0.6) is 5.75 Å². The maximum absolute atomic E-state index is 12.5. The summed E-state index contributed by atoms with van der Waals surface area (Å²) in [6.45, 7) is 4.08. The van der Waals surface area contributed by atoms with Gasteiger partial charge in [-0.15, -0.1) is 0 Å². The SMILES string of the molecule is COc1ccc(Br)cc1/C=N\NC(=O)c1ccc(CN(c2ccc(C)c(C)c2)S(C)(=O)=O)cc1. The zero-order valence-corrected chi connectivity index (χ0v) is 21.8. The Morgan fingerprint density at radius 1 is 1.06 bits per heavy atom. The van der Waals surface area contributed by atoms with E-state index in [1.54, 1.807) is 43.5 Å². The number of hydrogen-bond donors (Lipinski definition) is 1. The normalized spacial score (nSPS) is 11.4. The zero-order chi connectivity index (χ0) is 24.9. The Hall–Kier alpha value is -3.17. The molecule has 0 aliphatic carbocycles. The number of nitrogens with zero attached hydrogens (tertiary/aromatic N) is 2. The second-order valence-corrected chi connectivity index (χ2v) is 10.6. The summed E-state index contributed by atoms with van der Waals surface area (Å²) in [4.78, 5) is 12.5. The van der Waals surface area contributed by atoms with Crippen molar-refractivity contribution >= 4 is 43.8 Å². The lowest BCUT2D eigenvalue weighted by Gasteiger charge is -2.23. The third-order valence-corrected chi connectivity index (χ3v) is 6.92. The topological polar surface area (TPSA) is 88.1 Å². The molecule has 0 spiro atoms. The molecule has 0 heterocycles. The largest absolute Gasteiger partial charge is 0.496 e. The average molecular weight is 544 g/mol. The number of nitrogens with one attached hydrogen (secondary N) is 1.